The van der Waals surface area contributed by atoms with Gasteiger partial charge in [-0.05, 0) is 85.3 Å². The molecule has 4 rings (SSSR count). The van der Waals surface area contributed by atoms with Crippen LogP contribution in [0.2, 0.25) is 0 Å². The van der Waals surface area contributed by atoms with Crippen molar-refractivity contribution in [3.8, 4) is 0 Å². The molecule has 0 bridgehead atoms. The van der Waals surface area contributed by atoms with E-state index in [2.05, 4.69) is 6.92 Å². The average Bonchev–Trinajstić information content (AvgIpc) is 2.80. The van der Waals surface area contributed by atoms with E-state index in [0.29, 0.717) is 5.92 Å². The SMILES string of the molecule is CCCCCC1CCC(CCC2CCC3CC(c4ccc(F)c(F)c4)CCC3C2)CC1. The number of halogens is 2. The summed E-state index contributed by atoms with van der Waals surface area (Å²) in [5.74, 6) is 3.70. The first-order valence-electron chi connectivity index (χ1n) is 13.6. The molecule has 0 amide bonds. The zero-order chi connectivity index (χ0) is 21.6. The number of hydrogen-bond acceptors (Lipinski definition) is 0. The van der Waals surface area contributed by atoms with E-state index in [1.165, 1.54) is 108 Å². The molecule has 2 heteroatoms. The smallest absolute Gasteiger partial charge is 0.159 e. The molecule has 3 aliphatic carbocycles. The third kappa shape index (κ3) is 6.32. The highest BCUT2D eigenvalue weighted by Crippen LogP contribution is 2.49. The van der Waals surface area contributed by atoms with Crippen LogP contribution in [0.5, 0.6) is 0 Å². The third-order valence-corrected chi connectivity index (χ3v) is 9.30. The van der Waals surface area contributed by atoms with E-state index in [1.54, 1.807) is 0 Å². The van der Waals surface area contributed by atoms with Crippen LogP contribution < -0.4 is 0 Å². The number of unbranched alkanes of at least 4 members (excludes halogenated alkanes) is 2. The van der Waals surface area contributed by atoms with Gasteiger partial charge in [-0.1, -0.05) is 83.6 Å². The molecule has 0 radical (unpaired) electrons. The number of rotatable bonds is 8. The predicted molar refractivity (Wildman–Crippen MR) is 126 cm³/mol. The standard InChI is InChI=1S/C29H44F2/c1-2-3-4-5-21-6-8-22(9-7-21)10-11-23-12-13-25-19-26(15-14-24(25)18-23)27-16-17-28(30)29(31)20-27/h16-17,20-26H,2-15,18-19H2,1H3. The van der Waals surface area contributed by atoms with Gasteiger partial charge in [0, 0.05) is 0 Å². The maximum atomic E-state index is 13.7. The molecule has 4 unspecified atom stereocenters. The quantitative estimate of drug-likeness (QED) is 0.360. The molecule has 1 aromatic carbocycles. The van der Waals surface area contributed by atoms with Crippen LogP contribution in [0.3, 0.4) is 0 Å². The second-order valence-corrected chi connectivity index (χ2v) is 11.3. The normalized spacial score (nSPS) is 33.8. The maximum Gasteiger partial charge on any atom is 0.159 e. The van der Waals surface area contributed by atoms with E-state index < -0.39 is 11.6 Å². The minimum absolute atomic E-state index is 0.431. The summed E-state index contributed by atoms with van der Waals surface area (Å²) < 4.78 is 27.0. The molecule has 0 N–H and O–H groups in total. The van der Waals surface area contributed by atoms with E-state index in [4.69, 9.17) is 0 Å². The van der Waals surface area contributed by atoms with Crippen LogP contribution in [0.4, 0.5) is 8.78 Å². The van der Waals surface area contributed by atoms with Gasteiger partial charge < -0.3 is 0 Å². The van der Waals surface area contributed by atoms with Crippen LogP contribution in [0, 0.1) is 41.2 Å². The Kier molecular flexibility index (Phi) is 8.46. The molecular formula is C29H44F2. The van der Waals surface area contributed by atoms with Crippen molar-refractivity contribution in [1.29, 1.82) is 0 Å². The Hall–Kier alpha value is -0.920. The van der Waals surface area contributed by atoms with Crippen LogP contribution >= 0.6 is 0 Å². The largest absolute Gasteiger partial charge is 0.204 e. The summed E-state index contributed by atoms with van der Waals surface area (Å²) >= 11 is 0. The zero-order valence-corrected chi connectivity index (χ0v) is 19.8. The summed E-state index contributed by atoms with van der Waals surface area (Å²) in [6.07, 6.45) is 22.4. The second-order valence-electron chi connectivity index (χ2n) is 11.3. The molecule has 3 aliphatic rings. The summed E-state index contributed by atoms with van der Waals surface area (Å²) in [5, 5.41) is 0. The highest BCUT2D eigenvalue weighted by Gasteiger charge is 2.36. The van der Waals surface area contributed by atoms with E-state index in [1.807, 2.05) is 6.07 Å². The topological polar surface area (TPSA) is 0 Å². The van der Waals surface area contributed by atoms with E-state index in [0.717, 1.165) is 41.6 Å². The molecule has 1 aromatic rings. The molecule has 0 saturated heterocycles. The molecule has 174 valence electrons. The second kappa shape index (κ2) is 11.3. The van der Waals surface area contributed by atoms with E-state index >= 15 is 0 Å². The highest BCUT2D eigenvalue weighted by atomic mass is 19.2. The number of fused-ring (bicyclic) bond motifs is 1. The highest BCUT2D eigenvalue weighted by molar-refractivity contribution is 5.22. The molecule has 0 aliphatic heterocycles. The van der Waals surface area contributed by atoms with Gasteiger partial charge in [-0.25, -0.2) is 8.78 Å². The fourth-order valence-electron chi connectivity index (χ4n) is 7.28. The van der Waals surface area contributed by atoms with Gasteiger partial charge in [-0.15, -0.1) is 0 Å². The Bertz CT molecular complexity index is 675. The average molecular weight is 431 g/mol. The molecule has 0 aromatic heterocycles. The van der Waals surface area contributed by atoms with Crippen molar-refractivity contribution in [2.45, 2.75) is 116 Å². The Morgan fingerprint density at radius 3 is 2.06 bits per heavy atom. The van der Waals surface area contributed by atoms with Gasteiger partial charge in [0.05, 0.1) is 0 Å². The first-order chi connectivity index (χ1) is 15.1. The fourth-order valence-corrected chi connectivity index (χ4v) is 7.28. The van der Waals surface area contributed by atoms with Gasteiger partial charge in [0.25, 0.3) is 0 Å². The van der Waals surface area contributed by atoms with Crippen molar-refractivity contribution >= 4 is 0 Å². The van der Waals surface area contributed by atoms with Gasteiger partial charge in [0.15, 0.2) is 11.6 Å². The molecule has 3 fully saturated rings. The van der Waals surface area contributed by atoms with Crippen LogP contribution in [-0.4, -0.2) is 0 Å². The van der Waals surface area contributed by atoms with Crippen LogP contribution in [0.25, 0.3) is 0 Å². The lowest BCUT2D eigenvalue weighted by atomic mass is 9.63. The zero-order valence-electron chi connectivity index (χ0n) is 19.8. The molecule has 31 heavy (non-hydrogen) atoms. The summed E-state index contributed by atoms with van der Waals surface area (Å²) in [5.41, 5.74) is 1.02. The number of hydrogen-bond donors (Lipinski definition) is 0. The third-order valence-electron chi connectivity index (χ3n) is 9.30. The predicted octanol–water partition coefficient (Wildman–Crippen LogP) is 9.43. The van der Waals surface area contributed by atoms with Crippen molar-refractivity contribution in [2.75, 3.05) is 0 Å². The summed E-state index contributed by atoms with van der Waals surface area (Å²) in [6.45, 7) is 2.31. The molecule has 4 atom stereocenters. The minimum Gasteiger partial charge on any atom is -0.204 e. The van der Waals surface area contributed by atoms with Gasteiger partial charge in [-0.3, -0.25) is 0 Å². The van der Waals surface area contributed by atoms with E-state index in [-0.39, 0.29) is 0 Å². The van der Waals surface area contributed by atoms with Gasteiger partial charge in [0.2, 0.25) is 0 Å². The van der Waals surface area contributed by atoms with Crippen molar-refractivity contribution in [2.24, 2.45) is 29.6 Å². The summed E-state index contributed by atoms with van der Waals surface area (Å²) in [6, 6.07) is 4.57. The molecule has 0 spiro atoms. The lowest BCUT2D eigenvalue weighted by molar-refractivity contribution is 0.108. The molecular weight excluding hydrogens is 386 g/mol. The van der Waals surface area contributed by atoms with Gasteiger partial charge in [-0.2, -0.15) is 0 Å². The first kappa shape index (κ1) is 23.2. The molecule has 0 nitrogen and oxygen atoms in total. The minimum atomic E-state index is -0.720. The Labute approximate surface area is 189 Å². The van der Waals surface area contributed by atoms with Gasteiger partial charge in [0.1, 0.15) is 0 Å². The monoisotopic (exact) mass is 430 g/mol. The van der Waals surface area contributed by atoms with Crippen molar-refractivity contribution in [3.63, 3.8) is 0 Å². The Morgan fingerprint density at radius 2 is 1.32 bits per heavy atom. The van der Waals surface area contributed by atoms with Crippen LogP contribution in [0.15, 0.2) is 18.2 Å². The lowest BCUT2D eigenvalue weighted by Gasteiger charge is -2.43. The Morgan fingerprint density at radius 1 is 0.677 bits per heavy atom. The first-order valence-corrected chi connectivity index (χ1v) is 13.6. The fraction of sp³-hybridized carbons (Fsp3) is 0.793. The van der Waals surface area contributed by atoms with E-state index in [9.17, 15) is 8.78 Å². The van der Waals surface area contributed by atoms with Crippen molar-refractivity contribution < 1.29 is 8.78 Å². The Balaban J connectivity index is 1.17. The van der Waals surface area contributed by atoms with Gasteiger partial charge >= 0.3 is 0 Å². The van der Waals surface area contributed by atoms with Crippen LogP contribution in [-0.2, 0) is 0 Å². The maximum absolute atomic E-state index is 13.7. The van der Waals surface area contributed by atoms with Crippen molar-refractivity contribution in [1.82, 2.24) is 0 Å². The lowest BCUT2D eigenvalue weighted by Crippen LogP contribution is -2.30. The number of benzene rings is 1. The summed E-state index contributed by atoms with van der Waals surface area (Å²) in [7, 11) is 0. The summed E-state index contributed by atoms with van der Waals surface area (Å²) in [4.78, 5) is 0. The molecule has 0 heterocycles. The van der Waals surface area contributed by atoms with Crippen LogP contribution in [0.1, 0.15) is 121 Å². The molecule has 3 saturated carbocycles. The van der Waals surface area contributed by atoms with Crippen molar-refractivity contribution in [3.05, 3.63) is 35.4 Å².